The zero-order chi connectivity index (χ0) is 14.8. The second-order valence-electron chi connectivity index (χ2n) is 6.73. The lowest BCUT2D eigenvalue weighted by Gasteiger charge is -2.27. The molecule has 0 radical (unpaired) electrons. The molecule has 0 bridgehead atoms. The fraction of sp³-hybridized carbons (Fsp3) is 0.714. The van der Waals surface area contributed by atoms with Crippen molar-refractivity contribution in [2.75, 3.05) is 0 Å². The number of nitrogens with one attached hydrogen (secondary N) is 1. The molecule has 0 aliphatic rings. The predicted molar refractivity (Wildman–Crippen MR) is 75.0 cm³/mol. The summed E-state index contributed by atoms with van der Waals surface area (Å²) in [5.74, 6) is 0. The van der Waals surface area contributed by atoms with Crippen LogP contribution in [0.5, 0.6) is 0 Å². The van der Waals surface area contributed by atoms with Gasteiger partial charge in [-0.1, -0.05) is 0 Å². The van der Waals surface area contributed by atoms with Crippen molar-refractivity contribution < 1.29 is 9.53 Å². The zero-order valence-corrected chi connectivity index (χ0v) is 12.9. The van der Waals surface area contributed by atoms with Crippen LogP contribution in [0.15, 0.2) is 12.5 Å². The monoisotopic (exact) mass is 267 g/mol. The largest absolute Gasteiger partial charge is 0.444 e. The first-order valence-corrected chi connectivity index (χ1v) is 6.53. The highest BCUT2D eigenvalue weighted by atomic mass is 16.6. The van der Waals surface area contributed by atoms with E-state index >= 15 is 0 Å². The van der Waals surface area contributed by atoms with Gasteiger partial charge in [0.15, 0.2) is 0 Å². The van der Waals surface area contributed by atoms with Gasteiger partial charge in [0.1, 0.15) is 5.60 Å². The van der Waals surface area contributed by atoms with Crippen molar-refractivity contribution >= 4 is 6.09 Å². The smallest absolute Gasteiger partial charge is 0.408 e. The SMILES string of the molecule is C[C@H](NC(=O)OC(C)(C)C)c1cncn1C(C)(C)C. The lowest BCUT2D eigenvalue weighted by molar-refractivity contribution is 0.0505. The second-order valence-corrected chi connectivity index (χ2v) is 6.73. The van der Waals surface area contributed by atoms with Crippen LogP contribution in [0.4, 0.5) is 4.79 Å². The molecule has 0 aliphatic heterocycles. The van der Waals surface area contributed by atoms with E-state index in [-0.39, 0.29) is 11.6 Å². The minimum Gasteiger partial charge on any atom is -0.444 e. The average Bonchev–Trinajstić information content (AvgIpc) is 2.60. The standard InChI is InChI=1S/C14H25N3O2/c1-10(16-12(18)19-14(5,6)7)11-8-15-9-17(11)13(2,3)4/h8-10H,1-7H3,(H,16,18)/t10-/m0/s1. The molecule has 108 valence electrons. The first-order valence-electron chi connectivity index (χ1n) is 6.53. The van der Waals surface area contributed by atoms with Crippen molar-refractivity contribution in [3.8, 4) is 0 Å². The number of ether oxygens (including phenoxy) is 1. The Morgan fingerprint density at radius 1 is 1.32 bits per heavy atom. The van der Waals surface area contributed by atoms with Crippen LogP contribution in [0, 0.1) is 0 Å². The van der Waals surface area contributed by atoms with E-state index in [0.717, 1.165) is 5.69 Å². The molecule has 1 heterocycles. The van der Waals surface area contributed by atoms with Crippen molar-refractivity contribution in [2.45, 2.75) is 65.6 Å². The Bertz CT molecular complexity index is 438. The number of hydrogen-bond acceptors (Lipinski definition) is 3. The normalized spacial score (nSPS) is 14.1. The van der Waals surface area contributed by atoms with E-state index in [0.29, 0.717) is 0 Å². The summed E-state index contributed by atoms with van der Waals surface area (Å²) < 4.78 is 7.30. The van der Waals surface area contributed by atoms with Crippen LogP contribution >= 0.6 is 0 Å². The van der Waals surface area contributed by atoms with Crippen molar-refractivity contribution in [1.29, 1.82) is 0 Å². The summed E-state index contributed by atoms with van der Waals surface area (Å²) >= 11 is 0. The Balaban J connectivity index is 2.77. The zero-order valence-electron chi connectivity index (χ0n) is 12.9. The van der Waals surface area contributed by atoms with Gasteiger partial charge in [0.05, 0.1) is 24.3 Å². The van der Waals surface area contributed by atoms with E-state index in [1.807, 2.05) is 27.7 Å². The molecule has 0 aromatic carbocycles. The van der Waals surface area contributed by atoms with E-state index in [9.17, 15) is 4.79 Å². The molecule has 0 fully saturated rings. The summed E-state index contributed by atoms with van der Waals surface area (Å²) in [5, 5.41) is 2.83. The molecule has 5 nitrogen and oxygen atoms in total. The highest BCUT2D eigenvalue weighted by Crippen LogP contribution is 2.21. The van der Waals surface area contributed by atoms with Gasteiger partial charge in [-0.15, -0.1) is 0 Å². The third-order valence-electron chi connectivity index (χ3n) is 2.57. The van der Waals surface area contributed by atoms with E-state index in [1.165, 1.54) is 0 Å². The molecule has 1 N–H and O–H groups in total. The van der Waals surface area contributed by atoms with Crippen LogP contribution < -0.4 is 5.32 Å². The highest BCUT2D eigenvalue weighted by molar-refractivity contribution is 5.68. The van der Waals surface area contributed by atoms with Crippen molar-refractivity contribution in [3.05, 3.63) is 18.2 Å². The maximum Gasteiger partial charge on any atom is 0.408 e. The molecule has 0 unspecified atom stereocenters. The Kier molecular flexibility index (Phi) is 4.28. The van der Waals surface area contributed by atoms with Crippen LogP contribution in [-0.4, -0.2) is 21.2 Å². The number of nitrogens with zero attached hydrogens (tertiary/aromatic N) is 2. The topological polar surface area (TPSA) is 56.1 Å². The van der Waals surface area contributed by atoms with Gasteiger partial charge >= 0.3 is 6.09 Å². The molecular weight excluding hydrogens is 242 g/mol. The van der Waals surface area contributed by atoms with Gasteiger partial charge in [-0.05, 0) is 48.5 Å². The third kappa shape index (κ3) is 4.58. The molecule has 5 heteroatoms. The van der Waals surface area contributed by atoms with Gasteiger partial charge in [0, 0.05) is 5.54 Å². The van der Waals surface area contributed by atoms with E-state index in [2.05, 4.69) is 35.6 Å². The predicted octanol–water partition coefficient (Wildman–Crippen LogP) is 3.22. The van der Waals surface area contributed by atoms with E-state index in [4.69, 9.17) is 4.74 Å². The van der Waals surface area contributed by atoms with E-state index < -0.39 is 11.7 Å². The van der Waals surface area contributed by atoms with Crippen molar-refractivity contribution in [3.63, 3.8) is 0 Å². The second kappa shape index (κ2) is 5.23. The Morgan fingerprint density at radius 3 is 2.37 bits per heavy atom. The van der Waals surface area contributed by atoms with Gasteiger partial charge < -0.3 is 14.6 Å². The number of hydrogen-bond donors (Lipinski definition) is 1. The first-order chi connectivity index (χ1) is 8.50. The number of amides is 1. The average molecular weight is 267 g/mol. The van der Waals surface area contributed by atoms with Crippen molar-refractivity contribution in [1.82, 2.24) is 14.9 Å². The lowest BCUT2D eigenvalue weighted by Crippen LogP contribution is -2.35. The first kappa shape index (κ1) is 15.5. The summed E-state index contributed by atoms with van der Waals surface area (Å²) in [6.07, 6.45) is 3.14. The number of aromatic nitrogens is 2. The fourth-order valence-electron chi connectivity index (χ4n) is 1.74. The van der Waals surface area contributed by atoms with Crippen molar-refractivity contribution in [2.24, 2.45) is 0 Å². The molecule has 0 saturated carbocycles. The molecule has 1 aromatic rings. The third-order valence-corrected chi connectivity index (χ3v) is 2.57. The van der Waals surface area contributed by atoms with Gasteiger partial charge in [0.25, 0.3) is 0 Å². The van der Waals surface area contributed by atoms with Gasteiger partial charge in [-0.2, -0.15) is 0 Å². The molecule has 1 aromatic heterocycles. The summed E-state index contributed by atoms with van der Waals surface area (Å²) in [6.45, 7) is 13.7. The molecule has 0 saturated heterocycles. The van der Waals surface area contributed by atoms with Gasteiger partial charge in [0.2, 0.25) is 0 Å². The number of imidazole rings is 1. The minimum atomic E-state index is -0.492. The van der Waals surface area contributed by atoms with Crippen LogP contribution in [0.2, 0.25) is 0 Å². The quantitative estimate of drug-likeness (QED) is 0.895. The highest BCUT2D eigenvalue weighted by Gasteiger charge is 2.23. The lowest BCUT2D eigenvalue weighted by atomic mass is 10.1. The number of alkyl carbamates (subject to hydrolysis) is 1. The van der Waals surface area contributed by atoms with Crippen LogP contribution in [0.1, 0.15) is 60.2 Å². The molecule has 1 atom stereocenters. The number of rotatable bonds is 2. The van der Waals surface area contributed by atoms with Crippen LogP contribution in [-0.2, 0) is 10.3 Å². The maximum atomic E-state index is 11.8. The summed E-state index contributed by atoms with van der Waals surface area (Å²) in [7, 11) is 0. The molecule has 1 amide bonds. The Hall–Kier alpha value is -1.52. The summed E-state index contributed by atoms with van der Waals surface area (Å²) in [6, 6.07) is -0.156. The molecule has 0 spiro atoms. The molecule has 1 rings (SSSR count). The van der Waals surface area contributed by atoms with E-state index in [1.54, 1.807) is 12.5 Å². The van der Waals surface area contributed by atoms with Crippen LogP contribution in [0.3, 0.4) is 0 Å². The molecule has 0 aliphatic carbocycles. The Labute approximate surface area is 115 Å². The number of carbonyl (C=O) groups is 1. The minimum absolute atomic E-state index is 0.0737. The van der Waals surface area contributed by atoms with Gasteiger partial charge in [-0.3, -0.25) is 0 Å². The maximum absolute atomic E-state index is 11.8. The number of carbonyl (C=O) groups excluding carboxylic acids is 1. The fourth-order valence-corrected chi connectivity index (χ4v) is 1.74. The summed E-state index contributed by atoms with van der Waals surface area (Å²) in [4.78, 5) is 15.9. The van der Waals surface area contributed by atoms with Crippen LogP contribution in [0.25, 0.3) is 0 Å². The molecular formula is C14H25N3O2. The van der Waals surface area contributed by atoms with Gasteiger partial charge in [-0.25, -0.2) is 9.78 Å². The summed E-state index contributed by atoms with van der Waals surface area (Å²) in [5.41, 5.74) is 0.391. The molecule has 19 heavy (non-hydrogen) atoms. The Morgan fingerprint density at radius 2 is 1.89 bits per heavy atom.